The smallest absolute Gasteiger partial charge is 0.153 e. The molecule has 1 atom stereocenters. The SMILES string of the molecule is CCN(CCc1ccccc1)Cc1ccc(-c2cc([S+]([O-])CC)ccc2OC)[nH]1. The molecule has 1 unspecified atom stereocenters. The maximum Gasteiger partial charge on any atom is 0.153 e. The average molecular weight is 411 g/mol. The molecule has 0 bridgehead atoms. The Bertz CT molecular complexity index is 895. The van der Waals surface area contributed by atoms with Gasteiger partial charge < -0.3 is 14.3 Å². The zero-order valence-corrected chi connectivity index (χ0v) is 18.3. The Labute approximate surface area is 177 Å². The molecule has 3 rings (SSSR count). The van der Waals surface area contributed by atoms with Crippen molar-refractivity contribution in [1.82, 2.24) is 9.88 Å². The van der Waals surface area contributed by atoms with Crippen LogP contribution >= 0.6 is 0 Å². The number of aromatic nitrogens is 1. The van der Waals surface area contributed by atoms with Crippen molar-refractivity contribution >= 4 is 11.2 Å². The third kappa shape index (κ3) is 5.66. The number of nitrogens with zero attached hydrogens (tertiary/aromatic N) is 1. The molecule has 0 saturated carbocycles. The fourth-order valence-electron chi connectivity index (χ4n) is 3.42. The number of ether oxygens (including phenoxy) is 1. The number of likely N-dealkylation sites (N-methyl/N-ethyl adjacent to an activating group) is 1. The number of H-pyrrole nitrogens is 1. The highest BCUT2D eigenvalue weighted by Gasteiger charge is 2.15. The first kappa shape index (κ1) is 21.5. The Kier molecular flexibility index (Phi) is 7.81. The van der Waals surface area contributed by atoms with Crippen LogP contribution in [0.2, 0.25) is 0 Å². The van der Waals surface area contributed by atoms with E-state index in [1.807, 2.05) is 25.1 Å². The standard InChI is InChI=1S/C24H30N2O2S/c1-4-26(16-15-19-9-7-6-8-10-19)18-20-11-13-23(25-20)22-17-21(29(27)5-2)12-14-24(22)28-3/h6-14,17,25H,4-5,15-16,18H2,1-3H3. The van der Waals surface area contributed by atoms with Crippen LogP contribution in [0.25, 0.3) is 11.3 Å². The van der Waals surface area contributed by atoms with E-state index in [4.69, 9.17) is 4.74 Å². The first-order valence-corrected chi connectivity index (χ1v) is 11.5. The summed E-state index contributed by atoms with van der Waals surface area (Å²) >= 11 is -0.987. The van der Waals surface area contributed by atoms with E-state index in [-0.39, 0.29) is 0 Å². The van der Waals surface area contributed by atoms with Gasteiger partial charge in [-0.05, 0) is 60.9 Å². The predicted octanol–water partition coefficient (Wildman–Crippen LogP) is 4.88. The summed E-state index contributed by atoms with van der Waals surface area (Å²) in [7, 11) is 1.67. The lowest BCUT2D eigenvalue weighted by molar-refractivity contribution is 0.281. The van der Waals surface area contributed by atoms with Gasteiger partial charge in [-0.15, -0.1) is 0 Å². The highest BCUT2D eigenvalue weighted by molar-refractivity contribution is 7.91. The van der Waals surface area contributed by atoms with Crippen molar-refractivity contribution in [2.24, 2.45) is 0 Å². The van der Waals surface area contributed by atoms with Gasteiger partial charge in [-0.25, -0.2) is 0 Å². The van der Waals surface area contributed by atoms with Gasteiger partial charge in [-0.3, -0.25) is 4.90 Å². The topological polar surface area (TPSA) is 51.3 Å². The van der Waals surface area contributed by atoms with Crippen molar-refractivity contribution < 1.29 is 9.29 Å². The fraction of sp³-hybridized carbons (Fsp3) is 0.333. The van der Waals surface area contributed by atoms with E-state index in [0.717, 1.165) is 48.0 Å². The Morgan fingerprint density at radius 3 is 2.52 bits per heavy atom. The molecule has 0 radical (unpaired) electrons. The second-order valence-corrected chi connectivity index (χ2v) is 8.74. The molecular weight excluding hydrogens is 380 g/mol. The van der Waals surface area contributed by atoms with E-state index in [0.29, 0.717) is 5.75 Å². The van der Waals surface area contributed by atoms with E-state index >= 15 is 0 Å². The highest BCUT2D eigenvalue weighted by Crippen LogP contribution is 2.32. The Morgan fingerprint density at radius 2 is 1.83 bits per heavy atom. The zero-order chi connectivity index (χ0) is 20.6. The molecule has 3 aromatic rings. The number of aromatic amines is 1. The van der Waals surface area contributed by atoms with Crippen molar-refractivity contribution in [2.45, 2.75) is 31.7 Å². The van der Waals surface area contributed by atoms with Gasteiger partial charge in [0.1, 0.15) is 11.5 Å². The van der Waals surface area contributed by atoms with E-state index in [1.54, 1.807) is 7.11 Å². The summed E-state index contributed by atoms with van der Waals surface area (Å²) in [5.41, 5.74) is 4.47. The maximum atomic E-state index is 12.2. The molecule has 1 heterocycles. The number of hydrogen-bond acceptors (Lipinski definition) is 3. The van der Waals surface area contributed by atoms with Gasteiger partial charge in [0.15, 0.2) is 4.90 Å². The summed E-state index contributed by atoms with van der Waals surface area (Å²) in [5, 5.41) is 0. The fourth-order valence-corrected chi connectivity index (χ4v) is 4.22. The molecule has 0 aliphatic carbocycles. The Balaban J connectivity index is 1.72. The zero-order valence-electron chi connectivity index (χ0n) is 17.5. The summed E-state index contributed by atoms with van der Waals surface area (Å²) in [5.74, 6) is 1.39. The molecule has 1 aromatic heterocycles. The molecule has 0 aliphatic rings. The van der Waals surface area contributed by atoms with Crippen molar-refractivity contribution in [2.75, 3.05) is 26.0 Å². The van der Waals surface area contributed by atoms with Crippen LogP contribution in [0.4, 0.5) is 0 Å². The molecule has 0 spiro atoms. The van der Waals surface area contributed by atoms with Gasteiger partial charge in [0.05, 0.1) is 7.11 Å². The van der Waals surface area contributed by atoms with Crippen LogP contribution in [0.5, 0.6) is 5.75 Å². The van der Waals surface area contributed by atoms with E-state index in [2.05, 4.69) is 59.3 Å². The van der Waals surface area contributed by atoms with Gasteiger partial charge in [0, 0.05) is 36.1 Å². The number of methoxy groups -OCH3 is 1. The highest BCUT2D eigenvalue weighted by atomic mass is 32.2. The molecule has 0 aliphatic heterocycles. The van der Waals surface area contributed by atoms with Gasteiger partial charge in [-0.1, -0.05) is 37.3 Å². The van der Waals surface area contributed by atoms with Crippen LogP contribution < -0.4 is 4.74 Å². The minimum absolute atomic E-state index is 0.606. The third-order valence-corrected chi connectivity index (χ3v) is 6.44. The molecule has 4 nitrogen and oxygen atoms in total. The molecule has 5 heteroatoms. The quantitative estimate of drug-likeness (QED) is 0.485. The van der Waals surface area contributed by atoms with Crippen molar-refractivity contribution in [3.63, 3.8) is 0 Å². The van der Waals surface area contributed by atoms with Crippen LogP contribution in [0.1, 0.15) is 25.1 Å². The van der Waals surface area contributed by atoms with Crippen LogP contribution in [0, 0.1) is 0 Å². The monoisotopic (exact) mass is 410 g/mol. The minimum atomic E-state index is -0.987. The van der Waals surface area contributed by atoms with Crippen LogP contribution in [0.15, 0.2) is 65.6 Å². The molecular formula is C24H30N2O2S. The summed E-state index contributed by atoms with van der Waals surface area (Å²) in [6, 6.07) is 20.6. The normalized spacial score (nSPS) is 12.3. The third-order valence-electron chi connectivity index (χ3n) is 5.13. The van der Waals surface area contributed by atoms with Crippen molar-refractivity contribution in [3.8, 4) is 17.0 Å². The van der Waals surface area contributed by atoms with Crippen LogP contribution in [0.3, 0.4) is 0 Å². The summed E-state index contributed by atoms with van der Waals surface area (Å²) in [6.45, 7) is 7.01. The largest absolute Gasteiger partial charge is 0.611 e. The molecule has 1 N–H and O–H groups in total. The number of hydrogen-bond donors (Lipinski definition) is 1. The lowest BCUT2D eigenvalue weighted by atomic mass is 10.1. The number of benzene rings is 2. The van der Waals surface area contributed by atoms with Gasteiger partial charge in [0.25, 0.3) is 0 Å². The van der Waals surface area contributed by atoms with Gasteiger partial charge >= 0.3 is 0 Å². The summed E-state index contributed by atoms with van der Waals surface area (Å²) in [6.07, 6.45) is 1.04. The van der Waals surface area contributed by atoms with E-state index in [1.165, 1.54) is 11.3 Å². The molecule has 29 heavy (non-hydrogen) atoms. The second-order valence-electron chi connectivity index (χ2n) is 7.00. The molecule has 2 aromatic carbocycles. The molecule has 154 valence electrons. The first-order valence-electron chi connectivity index (χ1n) is 10.2. The Morgan fingerprint density at radius 1 is 1.03 bits per heavy atom. The predicted molar refractivity (Wildman–Crippen MR) is 121 cm³/mol. The Hall–Kier alpha value is -2.21. The lowest BCUT2D eigenvalue weighted by Gasteiger charge is -2.19. The number of rotatable bonds is 10. The first-order chi connectivity index (χ1) is 14.1. The van der Waals surface area contributed by atoms with E-state index in [9.17, 15) is 4.55 Å². The van der Waals surface area contributed by atoms with Gasteiger partial charge in [0.2, 0.25) is 0 Å². The summed E-state index contributed by atoms with van der Waals surface area (Å²) < 4.78 is 17.8. The van der Waals surface area contributed by atoms with Crippen LogP contribution in [-0.4, -0.2) is 40.4 Å². The number of nitrogens with one attached hydrogen (secondary N) is 1. The minimum Gasteiger partial charge on any atom is -0.611 e. The molecule has 0 amide bonds. The van der Waals surface area contributed by atoms with Crippen molar-refractivity contribution in [3.05, 3.63) is 71.9 Å². The summed E-state index contributed by atoms with van der Waals surface area (Å²) in [4.78, 5) is 6.79. The second kappa shape index (κ2) is 10.5. The van der Waals surface area contributed by atoms with E-state index < -0.39 is 11.2 Å². The maximum absolute atomic E-state index is 12.2. The molecule has 0 saturated heterocycles. The van der Waals surface area contributed by atoms with Crippen molar-refractivity contribution in [1.29, 1.82) is 0 Å². The molecule has 0 fully saturated rings. The van der Waals surface area contributed by atoms with Gasteiger partial charge in [-0.2, -0.15) is 0 Å². The lowest BCUT2D eigenvalue weighted by Crippen LogP contribution is -2.25. The van der Waals surface area contributed by atoms with Crippen LogP contribution in [-0.2, 0) is 24.1 Å². The average Bonchev–Trinajstić information content (AvgIpc) is 3.24.